The highest BCUT2D eigenvalue weighted by atomic mass is 16.6. The summed E-state index contributed by atoms with van der Waals surface area (Å²) in [5.74, 6) is 1.45. The van der Waals surface area contributed by atoms with Gasteiger partial charge in [0.05, 0.1) is 21.6 Å². The minimum Gasteiger partial charge on any atom is -0.434 e. The van der Waals surface area contributed by atoms with E-state index in [2.05, 4.69) is 15.3 Å². The standard InChI is InChI=1S/C14H8N4O3/c19-18(20)8-5-6-9-11(7-8)17-14-13(15-9)16-10-3-1-2-4-12(10)21-14/h1-7H,(H,15,16). The first-order valence-electron chi connectivity index (χ1n) is 6.21. The Morgan fingerprint density at radius 3 is 2.81 bits per heavy atom. The van der Waals surface area contributed by atoms with E-state index >= 15 is 0 Å². The van der Waals surface area contributed by atoms with Crippen LogP contribution in [-0.4, -0.2) is 14.9 Å². The van der Waals surface area contributed by atoms with Crippen molar-refractivity contribution in [3.8, 4) is 11.6 Å². The van der Waals surface area contributed by atoms with Crippen LogP contribution < -0.4 is 10.1 Å². The molecule has 0 saturated heterocycles. The fraction of sp³-hybridized carbons (Fsp3) is 0. The van der Waals surface area contributed by atoms with E-state index in [1.165, 1.54) is 12.1 Å². The molecule has 7 nitrogen and oxygen atoms in total. The third-order valence-electron chi connectivity index (χ3n) is 3.17. The molecule has 0 fully saturated rings. The van der Waals surface area contributed by atoms with Crippen LogP contribution in [0.5, 0.6) is 11.6 Å². The Morgan fingerprint density at radius 2 is 1.95 bits per heavy atom. The molecule has 1 aromatic heterocycles. The van der Waals surface area contributed by atoms with E-state index < -0.39 is 4.92 Å². The molecule has 2 heterocycles. The van der Waals surface area contributed by atoms with Gasteiger partial charge in [0.25, 0.3) is 11.6 Å². The van der Waals surface area contributed by atoms with Crippen LogP contribution >= 0.6 is 0 Å². The number of fused-ring (bicyclic) bond motifs is 3. The number of nitrogens with one attached hydrogen (secondary N) is 1. The van der Waals surface area contributed by atoms with E-state index in [-0.39, 0.29) is 5.69 Å². The molecule has 0 aliphatic carbocycles. The highest BCUT2D eigenvalue weighted by molar-refractivity contribution is 5.82. The van der Waals surface area contributed by atoms with Crippen LogP contribution in [0.3, 0.4) is 0 Å². The lowest BCUT2D eigenvalue weighted by Gasteiger charge is -2.19. The lowest BCUT2D eigenvalue weighted by atomic mass is 10.2. The predicted molar refractivity (Wildman–Crippen MR) is 76.0 cm³/mol. The van der Waals surface area contributed by atoms with Crippen molar-refractivity contribution >= 4 is 28.2 Å². The van der Waals surface area contributed by atoms with Crippen molar-refractivity contribution in [1.29, 1.82) is 0 Å². The molecular weight excluding hydrogens is 272 g/mol. The van der Waals surface area contributed by atoms with Crippen LogP contribution in [0.4, 0.5) is 17.2 Å². The van der Waals surface area contributed by atoms with Gasteiger partial charge in [-0.15, -0.1) is 0 Å². The molecule has 4 rings (SSSR count). The van der Waals surface area contributed by atoms with Crippen molar-refractivity contribution in [3.63, 3.8) is 0 Å². The van der Waals surface area contributed by atoms with E-state index in [9.17, 15) is 10.1 Å². The van der Waals surface area contributed by atoms with Gasteiger partial charge in [-0.25, -0.2) is 9.97 Å². The van der Waals surface area contributed by atoms with Crippen molar-refractivity contribution in [2.24, 2.45) is 0 Å². The highest BCUT2D eigenvalue weighted by Gasteiger charge is 2.20. The molecule has 7 heteroatoms. The maximum absolute atomic E-state index is 10.8. The Labute approximate surface area is 118 Å². The Balaban J connectivity index is 1.87. The number of para-hydroxylation sites is 2. The number of non-ortho nitro benzene ring substituents is 1. The molecule has 1 aliphatic heterocycles. The monoisotopic (exact) mass is 280 g/mol. The Morgan fingerprint density at radius 1 is 1.10 bits per heavy atom. The van der Waals surface area contributed by atoms with Crippen molar-refractivity contribution in [3.05, 3.63) is 52.6 Å². The number of ether oxygens (including phenoxy) is 1. The lowest BCUT2D eigenvalue weighted by Crippen LogP contribution is -2.06. The fourth-order valence-corrected chi connectivity index (χ4v) is 2.18. The Bertz CT molecular complexity index is 895. The zero-order chi connectivity index (χ0) is 14.4. The molecule has 21 heavy (non-hydrogen) atoms. The van der Waals surface area contributed by atoms with Crippen molar-refractivity contribution < 1.29 is 9.66 Å². The smallest absolute Gasteiger partial charge is 0.271 e. The van der Waals surface area contributed by atoms with E-state index in [1.807, 2.05) is 24.3 Å². The molecule has 0 radical (unpaired) electrons. The van der Waals surface area contributed by atoms with E-state index in [0.29, 0.717) is 28.5 Å². The summed E-state index contributed by atoms with van der Waals surface area (Å²) in [6.45, 7) is 0. The zero-order valence-electron chi connectivity index (χ0n) is 10.6. The molecule has 3 aromatic rings. The number of hydrogen-bond donors (Lipinski definition) is 1. The average Bonchev–Trinajstić information content (AvgIpc) is 2.50. The third-order valence-corrected chi connectivity index (χ3v) is 3.17. The van der Waals surface area contributed by atoms with Gasteiger partial charge in [-0.1, -0.05) is 12.1 Å². The van der Waals surface area contributed by atoms with Crippen molar-refractivity contribution in [2.45, 2.75) is 0 Å². The third kappa shape index (κ3) is 1.83. The van der Waals surface area contributed by atoms with Crippen LogP contribution in [0.2, 0.25) is 0 Å². The fourth-order valence-electron chi connectivity index (χ4n) is 2.18. The normalized spacial score (nSPS) is 12.0. The van der Waals surface area contributed by atoms with Crippen LogP contribution in [0.25, 0.3) is 11.0 Å². The molecule has 1 aliphatic rings. The van der Waals surface area contributed by atoms with Gasteiger partial charge >= 0.3 is 0 Å². The Kier molecular flexibility index (Phi) is 2.28. The SMILES string of the molecule is O=[N+]([O-])c1ccc2nc3c(nc2c1)Oc1ccccc1N3. The second kappa shape index (κ2) is 4.14. The maximum Gasteiger partial charge on any atom is 0.271 e. The molecule has 102 valence electrons. The molecule has 0 bridgehead atoms. The number of rotatable bonds is 1. The van der Waals surface area contributed by atoms with Crippen LogP contribution in [-0.2, 0) is 0 Å². The molecule has 0 saturated carbocycles. The lowest BCUT2D eigenvalue weighted by molar-refractivity contribution is -0.384. The number of aromatic nitrogens is 2. The van der Waals surface area contributed by atoms with E-state index in [4.69, 9.17) is 4.74 Å². The maximum atomic E-state index is 10.8. The topological polar surface area (TPSA) is 90.2 Å². The molecule has 0 unspecified atom stereocenters. The van der Waals surface area contributed by atoms with Crippen molar-refractivity contribution in [2.75, 3.05) is 5.32 Å². The minimum absolute atomic E-state index is 0.0269. The zero-order valence-corrected chi connectivity index (χ0v) is 10.6. The summed E-state index contributed by atoms with van der Waals surface area (Å²) in [5, 5.41) is 13.9. The van der Waals surface area contributed by atoms with E-state index in [1.54, 1.807) is 6.07 Å². The average molecular weight is 280 g/mol. The number of nitro groups is 1. The van der Waals surface area contributed by atoms with Crippen molar-refractivity contribution in [1.82, 2.24) is 9.97 Å². The van der Waals surface area contributed by atoms with Gasteiger partial charge in [0.15, 0.2) is 11.6 Å². The summed E-state index contributed by atoms with van der Waals surface area (Å²) >= 11 is 0. The summed E-state index contributed by atoms with van der Waals surface area (Å²) < 4.78 is 5.68. The second-order valence-corrected chi connectivity index (χ2v) is 4.53. The van der Waals surface area contributed by atoms with Crippen LogP contribution in [0.15, 0.2) is 42.5 Å². The quantitative estimate of drug-likeness (QED) is 0.424. The Hall–Kier alpha value is -3.22. The summed E-state index contributed by atoms with van der Waals surface area (Å²) in [7, 11) is 0. The number of anilines is 2. The second-order valence-electron chi connectivity index (χ2n) is 4.53. The van der Waals surface area contributed by atoms with Crippen LogP contribution in [0.1, 0.15) is 0 Å². The number of hydrogen-bond acceptors (Lipinski definition) is 6. The van der Waals surface area contributed by atoms with Gasteiger partial charge in [-0.05, 0) is 18.2 Å². The first kappa shape index (κ1) is 11.6. The van der Waals surface area contributed by atoms with Gasteiger partial charge in [0, 0.05) is 12.1 Å². The summed E-state index contributed by atoms with van der Waals surface area (Å²) in [6, 6.07) is 11.8. The number of nitro benzene ring substituents is 1. The molecule has 0 atom stereocenters. The summed E-state index contributed by atoms with van der Waals surface area (Å²) in [4.78, 5) is 19.0. The van der Waals surface area contributed by atoms with Gasteiger partial charge in [-0.3, -0.25) is 10.1 Å². The summed E-state index contributed by atoms with van der Waals surface area (Å²) in [6.07, 6.45) is 0. The predicted octanol–water partition coefficient (Wildman–Crippen LogP) is 3.39. The number of benzene rings is 2. The van der Waals surface area contributed by atoms with Gasteiger partial charge in [0.1, 0.15) is 0 Å². The first-order chi connectivity index (χ1) is 10.2. The minimum atomic E-state index is -0.463. The van der Waals surface area contributed by atoms with Gasteiger partial charge < -0.3 is 10.1 Å². The molecular formula is C14H8N4O3. The number of nitrogens with zero attached hydrogens (tertiary/aromatic N) is 3. The van der Waals surface area contributed by atoms with E-state index in [0.717, 1.165) is 5.69 Å². The largest absolute Gasteiger partial charge is 0.434 e. The van der Waals surface area contributed by atoms with Gasteiger partial charge in [-0.2, -0.15) is 0 Å². The van der Waals surface area contributed by atoms with Crippen LogP contribution in [0, 0.1) is 10.1 Å². The summed E-state index contributed by atoms with van der Waals surface area (Å²) in [5.41, 5.74) is 1.76. The molecule has 0 amide bonds. The molecule has 2 aromatic carbocycles. The van der Waals surface area contributed by atoms with Gasteiger partial charge in [0.2, 0.25) is 0 Å². The highest BCUT2D eigenvalue weighted by Crippen LogP contribution is 2.40. The molecule has 0 spiro atoms. The first-order valence-corrected chi connectivity index (χ1v) is 6.21. The molecule has 1 N–H and O–H groups in total.